The largest absolute Gasteiger partial charge is 0.465 e. The quantitative estimate of drug-likeness (QED) is 0.626. The fourth-order valence-corrected chi connectivity index (χ4v) is 2.07. The summed E-state index contributed by atoms with van der Waals surface area (Å²) in [5.41, 5.74) is 0.804. The number of nitrogens with one attached hydrogen (secondary N) is 1. The maximum absolute atomic E-state index is 12.2. The van der Waals surface area contributed by atoms with Gasteiger partial charge in [0.1, 0.15) is 0 Å². The molecule has 0 aliphatic heterocycles. The van der Waals surface area contributed by atoms with E-state index in [0.29, 0.717) is 24.4 Å². The zero-order chi connectivity index (χ0) is 18.7. The van der Waals surface area contributed by atoms with Crippen LogP contribution in [-0.4, -0.2) is 69.8 Å². The van der Waals surface area contributed by atoms with Gasteiger partial charge in [-0.05, 0) is 25.1 Å². The molecule has 0 saturated heterocycles. The highest BCUT2D eigenvalue weighted by atomic mass is 16.5. The number of carbonyl (C=O) groups is 3. The van der Waals surface area contributed by atoms with Crippen LogP contribution < -0.4 is 5.32 Å². The first-order valence-electron chi connectivity index (χ1n) is 7.85. The van der Waals surface area contributed by atoms with Gasteiger partial charge >= 0.3 is 11.9 Å². The van der Waals surface area contributed by atoms with Crippen LogP contribution in [0.1, 0.15) is 17.3 Å². The Labute approximate surface area is 147 Å². The second kappa shape index (κ2) is 11.2. The monoisotopic (exact) mass is 352 g/mol. The summed E-state index contributed by atoms with van der Waals surface area (Å²) in [5.74, 6) is -1.21. The van der Waals surface area contributed by atoms with Gasteiger partial charge in [0.05, 0.1) is 39.0 Å². The molecule has 0 spiro atoms. The Balaban J connectivity index is 2.66. The van der Waals surface area contributed by atoms with E-state index in [2.05, 4.69) is 10.1 Å². The lowest BCUT2D eigenvalue weighted by Gasteiger charge is -2.20. The number of hydrogen-bond acceptors (Lipinski definition) is 7. The molecule has 0 aromatic heterocycles. The van der Waals surface area contributed by atoms with E-state index in [1.54, 1.807) is 37.1 Å². The Bertz CT molecular complexity index is 590. The summed E-state index contributed by atoms with van der Waals surface area (Å²) in [6.45, 7) is 2.77. The van der Waals surface area contributed by atoms with E-state index >= 15 is 0 Å². The van der Waals surface area contributed by atoms with Crippen molar-refractivity contribution in [3.63, 3.8) is 0 Å². The van der Waals surface area contributed by atoms with E-state index in [9.17, 15) is 14.4 Å². The van der Waals surface area contributed by atoms with Crippen molar-refractivity contribution in [2.45, 2.75) is 6.92 Å². The van der Waals surface area contributed by atoms with Gasteiger partial charge in [0.2, 0.25) is 5.91 Å². The molecule has 25 heavy (non-hydrogen) atoms. The zero-order valence-electron chi connectivity index (χ0n) is 14.7. The van der Waals surface area contributed by atoms with E-state index in [4.69, 9.17) is 9.47 Å². The molecule has 0 radical (unpaired) electrons. The van der Waals surface area contributed by atoms with Crippen LogP contribution in [0.15, 0.2) is 24.3 Å². The highest BCUT2D eigenvalue weighted by Crippen LogP contribution is 2.11. The topological polar surface area (TPSA) is 94.2 Å². The first-order valence-corrected chi connectivity index (χ1v) is 7.85. The van der Waals surface area contributed by atoms with Crippen molar-refractivity contribution in [1.82, 2.24) is 4.90 Å². The Morgan fingerprint density at radius 1 is 1.16 bits per heavy atom. The normalized spacial score (nSPS) is 10.4. The summed E-state index contributed by atoms with van der Waals surface area (Å²) in [7, 11) is 2.83. The molecule has 1 aromatic carbocycles. The standard InChI is InChI=1S/C17H24N2O6/c1-4-25-16(21)12-19(8-9-23-2)11-15(20)18-14-7-5-6-13(10-14)17(22)24-3/h5-7,10H,4,8-9,11-12H2,1-3H3,(H,18,20). The molecular weight excluding hydrogens is 328 g/mol. The van der Waals surface area contributed by atoms with Crippen LogP contribution in [0, 0.1) is 0 Å². The van der Waals surface area contributed by atoms with Crippen molar-refractivity contribution in [2.75, 3.05) is 52.4 Å². The molecule has 8 heteroatoms. The van der Waals surface area contributed by atoms with E-state index < -0.39 is 11.9 Å². The van der Waals surface area contributed by atoms with Crippen LogP contribution in [0.3, 0.4) is 0 Å². The Morgan fingerprint density at radius 3 is 2.56 bits per heavy atom. The maximum Gasteiger partial charge on any atom is 0.337 e. The van der Waals surface area contributed by atoms with Crippen LogP contribution in [0.2, 0.25) is 0 Å². The molecule has 0 aliphatic rings. The molecule has 0 saturated carbocycles. The van der Waals surface area contributed by atoms with Crippen LogP contribution in [0.4, 0.5) is 5.69 Å². The second-order valence-electron chi connectivity index (χ2n) is 5.13. The van der Waals surface area contributed by atoms with Crippen molar-refractivity contribution in [1.29, 1.82) is 0 Å². The molecule has 0 unspecified atom stereocenters. The van der Waals surface area contributed by atoms with Crippen LogP contribution in [0.5, 0.6) is 0 Å². The third kappa shape index (κ3) is 7.77. The summed E-state index contributed by atoms with van der Waals surface area (Å²) in [4.78, 5) is 37.0. The minimum atomic E-state index is -0.486. The fraction of sp³-hybridized carbons (Fsp3) is 0.471. The number of anilines is 1. The average Bonchev–Trinajstić information content (AvgIpc) is 2.59. The van der Waals surface area contributed by atoms with Gasteiger partial charge in [-0.25, -0.2) is 4.79 Å². The molecule has 0 atom stereocenters. The smallest absolute Gasteiger partial charge is 0.337 e. The number of nitrogens with zero attached hydrogens (tertiary/aromatic N) is 1. The van der Waals surface area contributed by atoms with Gasteiger partial charge in [0.25, 0.3) is 0 Å². The number of rotatable bonds is 10. The SMILES string of the molecule is CCOC(=O)CN(CCOC)CC(=O)Nc1cccc(C(=O)OC)c1. The van der Waals surface area contributed by atoms with Crippen LogP contribution in [-0.2, 0) is 23.8 Å². The number of ether oxygens (including phenoxy) is 3. The van der Waals surface area contributed by atoms with Gasteiger partial charge in [0.15, 0.2) is 0 Å². The van der Waals surface area contributed by atoms with Crippen LogP contribution in [0.25, 0.3) is 0 Å². The van der Waals surface area contributed by atoms with E-state index in [1.165, 1.54) is 13.2 Å². The molecule has 1 rings (SSSR count). The van der Waals surface area contributed by atoms with E-state index in [0.717, 1.165) is 0 Å². The summed E-state index contributed by atoms with van der Waals surface area (Å²) in [6.07, 6.45) is 0. The minimum absolute atomic E-state index is 0.00712. The Kier molecular flexibility index (Phi) is 9.20. The predicted octanol–water partition coefficient (Wildman–Crippen LogP) is 0.923. The maximum atomic E-state index is 12.2. The second-order valence-corrected chi connectivity index (χ2v) is 5.13. The first-order chi connectivity index (χ1) is 12.0. The third-order valence-electron chi connectivity index (χ3n) is 3.20. The van der Waals surface area contributed by atoms with Gasteiger partial charge in [-0.2, -0.15) is 0 Å². The highest BCUT2D eigenvalue weighted by molar-refractivity contribution is 5.95. The number of carbonyl (C=O) groups excluding carboxylic acids is 3. The van der Waals surface area contributed by atoms with Crippen molar-refractivity contribution in [2.24, 2.45) is 0 Å². The predicted molar refractivity (Wildman–Crippen MR) is 91.4 cm³/mol. The van der Waals surface area contributed by atoms with Crippen molar-refractivity contribution in [3.05, 3.63) is 29.8 Å². The molecular formula is C17H24N2O6. The molecule has 0 aliphatic carbocycles. The summed E-state index contributed by atoms with van der Waals surface area (Å²) < 4.78 is 14.5. The number of amides is 1. The molecule has 0 bridgehead atoms. The lowest BCUT2D eigenvalue weighted by molar-refractivity contribution is -0.144. The Hall–Kier alpha value is -2.45. The lowest BCUT2D eigenvalue weighted by Crippen LogP contribution is -2.39. The average molecular weight is 352 g/mol. The fourth-order valence-electron chi connectivity index (χ4n) is 2.07. The number of methoxy groups -OCH3 is 2. The number of benzene rings is 1. The summed E-state index contributed by atoms with van der Waals surface area (Å²) in [6, 6.07) is 6.42. The van der Waals surface area contributed by atoms with Crippen LogP contribution >= 0.6 is 0 Å². The molecule has 1 aromatic rings. The number of esters is 2. The van der Waals surface area contributed by atoms with E-state index in [-0.39, 0.29) is 25.6 Å². The summed E-state index contributed by atoms with van der Waals surface area (Å²) >= 11 is 0. The Morgan fingerprint density at radius 2 is 1.92 bits per heavy atom. The van der Waals surface area contributed by atoms with Gasteiger partial charge < -0.3 is 19.5 Å². The van der Waals surface area contributed by atoms with Gasteiger partial charge in [0, 0.05) is 19.3 Å². The van der Waals surface area contributed by atoms with Gasteiger partial charge in [-0.15, -0.1) is 0 Å². The molecule has 0 fully saturated rings. The lowest BCUT2D eigenvalue weighted by atomic mass is 10.2. The van der Waals surface area contributed by atoms with Gasteiger partial charge in [-0.3, -0.25) is 14.5 Å². The third-order valence-corrected chi connectivity index (χ3v) is 3.20. The van der Waals surface area contributed by atoms with Crippen molar-refractivity contribution in [3.8, 4) is 0 Å². The van der Waals surface area contributed by atoms with Crippen molar-refractivity contribution >= 4 is 23.5 Å². The van der Waals surface area contributed by atoms with Gasteiger partial charge in [-0.1, -0.05) is 6.07 Å². The minimum Gasteiger partial charge on any atom is -0.465 e. The van der Waals surface area contributed by atoms with E-state index in [1.807, 2.05) is 0 Å². The van der Waals surface area contributed by atoms with Crippen molar-refractivity contribution < 1.29 is 28.6 Å². The first kappa shape index (κ1) is 20.6. The summed E-state index contributed by atoms with van der Waals surface area (Å²) in [5, 5.41) is 2.69. The number of hydrogen-bond donors (Lipinski definition) is 1. The molecule has 1 amide bonds. The molecule has 8 nitrogen and oxygen atoms in total. The molecule has 1 N–H and O–H groups in total. The zero-order valence-corrected chi connectivity index (χ0v) is 14.7. The molecule has 0 heterocycles. The highest BCUT2D eigenvalue weighted by Gasteiger charge is 2.16. The molecule has 138 valence electrons.